The normalized spacial score (nSPS) is 31.6. The minimum absolute atomic E-state index is 0.308. The SMILES string of the molecule is COc1ccc(C2SC23CCCCC3=S)cc1. The lowest BCUT2D eigenvalue weighted by molar-refractivity contribution is 0.414. The molecule has 1 aliphatic carbocycles. The van der Waals surface area contributed by atoms with Crippen molar-refractivity contribution in [1.82, 2.24) is 0 Å². The molecule has 0 amide bonds. The van der Waals surface area contributed by atoms with E-state index >= 15 is 0 Å². The van der Waals surface area contributed by atoms with E-state index in [0.717, 1.165) is 12.2 Å². The second-order valence-electron chi connectivity index (χ2n) is 4.79. The molecule has 0 radical (unpaired) electrons. The second-order valence-corrected chi connectivity index (χ2v) is 6.72. The van der Waals surface area contributed by atoms with E-state index in [-0.39, 0.29) is 0 Å². The Morgan fingerprint density at radius 2 is 2.06 bits per heavy atom. The fourth-order valence-corrected chi connectivity index (χ4v) is 4.84. The summed E-state index contributed by atoms with van der Waals surface area (Å²) in [5.41, 5.74) is 1.40. The third kappa shape index (κ3) is 1.89. The molecule has 1 spiro atoms. The maximum absolute atomic E-state index is 5.58. The summed E-state index contributed by atoms with van der Waals surface area (Å²) < 4.78 is 5.50. The van der Waals surface area contributed by atoms with Crippen molar-refractivity contribution in [1.29, 1.82) is 0 Å². The summed E-state index contributed by atoms with van der Waals surface area (Å²) in [6.45, 7) is 0. The predicted molar refractivity (Wildman–Crippen MR) is 77.1 cm³/mol. The van der Waals surface area contributed by atoms with Crippen LogP contribution in [0, 0.1) is 0 Å². The lowest BCUT2D eigenvalue weighted by Crippen LogP contribution is -2.26. The van der Waals surface area contributed by atoms with Gasteiger partial charge in [0, 0.05) is 10.1 Å². The van der Waals surface area contributed by atoms with E-state index in [1.54, 1.807) is 7.11 Å². The molecule has 0 aromatic heterocycles. The van der Waals surface area contributed by atoms with E-state index < -0.39 is 0 Å². The zero-order valence-corrected chi connectivity index (χ0v) is 11.6. The van der Waals surface area contributed by atoms with Crippen LogP contribution < -0.4 is 4.74 Å². The summed E-state index contributed by atoms with van der Waals surface area (Å²) in [4.78, 5) is 1.30. The van der Waals surface area contributed by atoms with Crippen molar-refractivity contribution in [2.75, 3.05) is 7.11 Å². The molecule has 2 unspecified atom stereocenters. The molecule has 0 bridgehead atoms. The van der Waals surface area contributed by atoms with Crippen molar-refractivity contribution in [3.63, 3.8) is 0 Å². The van der Waals surface area contributed by atoms with Gasteiger partial charge in [-0.1, -0.05) is 30.8 Å². The van der Waals surface area contributed by atoms with Crippen LogP contribution in [0.25, 0.3) is 0 Å². The van der Waals surface area contributed by atoms with E-state index in [1.165, 1.54) is 29.7 Å². The van der Waals surface area contributed by atoms with Gasteiger partial charge in [0.15, 0.2) is 0 Å². The molecule has 1 aromatic carbocycles. The van der Waals surface area contributed by atoms with Gasteiger partial charge in [0.1, 0.15) is 5.75 Å². The lowest BCUT2D eigenvalue weighted by atomic mass is 9.84. The zero-order chi connectivity index (χ0) is 11.9. The molecular formula is C14H16OS2. The molecule has 1 heterocycles. The van der Waals surface area contributed by atoms with Gasteiger partial charge in [-0.15, -0.1) is 11.8 Å². The fourth-order valence-electron chi connectivity index (χ4n) is 2.72. The molecule has 17 heavy (non-hydrogen) atoms. The monoisotopic (exact) mass is 264 g/mol. The number of rotatable bonds is 2. The van der Waals surface area contributed by atoms with Crippen LogP contribution in [0.4, 0.5) is 0 Å². The Kier molecular flexibility index (Phi) is 2.91. The Labute approximate surface area is 112 Å². The van der Waals surface area contributed by atoms with Crippen LogP contribution in [0.1, 0.15) is 36.5 Å². The largest absolute Gasteiger partial charge is 0.497 e. The van der Waals surface area contributed by atoms with Gasteiger partial charge in [0.05, 0.1) is 11.9 Å². The maximum atomic E-state index is 5.58. The molecule has 1 saturated carbocycles. The van der Waals surface area contributed by atoms with Crippen LogP contribution in [0.15, 0.2) is 24.3 Å². The Morgan fingerprint density at radius 1 is 1.29 bits per heavy atom. The maximum Gasteiger partial charge on any atom is 0.118 e. The highest BCUT2D eigenvalue weighted by molar-refractivity contribution is 8.10. The van der Waals surface area contributed by atoms with Gasteiger partial charge in [-0.05, 0) is 37.0 Å². The number of thiocarbonyl (C=S) groups is 1. The molecule has 3 rings (SSSR count). The predicted octanol–water partition coefficient (Wildman–Crippen LogP) is 4.17. The van der Waals surface area contributed by atoms with Crippen molar-refractivity contribution in [2.24, 2.45) is 0 Å². The summed E-state index contributed by atoms with van der Waals surface area (Å²) in [7, 11) is 1.71. The Balaban J connectivity index is 1.80. The molecule has 2 aliphatic rings. The molecule has 1 saturated heterocycles. The third-order valence-electron chi connectivity index (χ3n) is 3.79. The van der Waals surface area contributed by atoms with Crippen LogP contribution in [-0.4, -0.2) is 16.7 Å². The number of ether oxygens (including phenoxy) is 1. The average molecular weight is 264 g/mol. The van der Waals surface area contributed by atoms with Gasteiger partial charge in [0.25, 0.3) is 0 Å². The van der Waals surface area contributed by atoms with Crippen LogP contribution in [-0.2, 0) is 0 Å². The average Bonchev–Trinajstić information content (AvgIpc) is 3.09. The van der Waals surface area contributed by atoms with E-state index in [0.29, 0.717) is 10.00 Å². The Morgan fingerprint density at radius 3 is 2.71 bits per heavy atom. The Bertz CT molecular complexity index is 440. The van der Waals surface area contributed by atoms with Gasteiger partial charge < -0.3 is 4.74 Å². The standard InChI is InChI=1S/C14H16OS2/c1-15-11-7-5-10(6-8-11)13-14(17-13)9-3-2-4-12(14)16/h5-8,13H,2-4,9H2,1H3. The zero-order valence-electron chi connectivity index (χ0n) is 9.94. The van der Waals surface area contributed by atoms with Crippen LogP contribution >= 0.6 is 24.0 Å². The minimum atomic E-state index is 0.308. The first-order valence-corrected chi connectivity index (χ1v) is 7.40. The molecule has 0 N–H and O–H groups in total. The molecule has 1 nitrogen and oxygen atoms in total. The lowest BCUT2D eigenvalue weighted by Gasteiger charge is -2.22. The van der Waals surface area contributed by atoms with E-state index in [1.807, 2.05) is 12.1 Å². The minimum Gasteiger partial charge on any atom is -0.497 e. The molecule has 3 heteroatoms. The van der Waals surface area contributed by atoms with Crippen LogP contribution in [0.2, 0.25) is 0 Å². The molecule has 90 valence electrons. The highest BCUT2D eigenvalue weighted by Crippen LogP contribution is 2.69. The highest BCUT2D eigenvalue weighted by atomic mass is 32.2. The summed E-state index contributed by atoms with van der Waals surface area (Å²) in [6.07, 6.45) is 5.04. The summed E-state index contributed by atoms with van der Waals surface area (Å²) >= 11 is 7.64. The number of methoxy groups -OCH3 is 1. The highest BCUT2D eigenvalue weighted by Gasteiger charge is 2.58. The van der Waals surface area contributed by atoms with Crippen LogP contribution in [0.3, 0.4) is 0 Å². The van der Waals surface area contributed by atoms with Gasteiger partial charge >= 0.3 is 0 Å². The van der Waals surface area contributed by atoms with Crippen molar-refractivity contribution in [2.45, 2.75) is 35.7 Å². The summed E-state index contributed by atoms with van der Waals surface area (Å²) in [5, 5.41) is 0.598. The number of hydrogen-bond donors (Lipinski definition) is 0. The summed E-state index contributed by atoms with van der Waals surface area (Å²) in [6, 6.07) is 8.46. The van der Waals surface area contributed by atoms with E-state index in [9.17, 15) is 0 Å². The number of hydrogen-bond acceptors (Lipinski definition) is 3. The first-order valence-electron chi connectivity index (χ1n) is 6.11. The number of benzene rings is 1. The van der Waals surface area contributed by atoms with E-state index in [4.69, 9.17) is 17.0 Å². The van der Waals surface area contributed by atoms with Gasteiger partial charge in [-0.25, -0.2) is 0 Å². The smallest absolute Gasteiger partial charge is 0.118 e. The first kappa shape index (κ1) is 11.5. The van der Waals surface area contributed by atoms with Gasteiger partial charge in [-0.3, -0.25) is 0 Å². The van der Waals surface area contributed by atoms with Crippen molar-refractivity contribution in [3.8, 4) is 5.75 Å². The fraction of sp³-hybridized carbons (Fsp3) is 0.500. The van der Waals surface area contributed by atoms with Gasteiger partial charge in [-0.2, -0.15) is 0 Å². The molecule has 2 fully saturated rings. The third-order valence-corrected chi connectivity index (χ3v) is 6.25. The van der Waals surface area contributed by atoms with Crippen molar-refractivity contribution < 1.29 is 4.74 Å². The summed E-state index contributed by atoms with van der Waals surface area (Å²) in [5.74, 6) is 0.930. The van der Waals surface area contributed by atoms with Crippen molar-refractivity contribution in [3.05, 3.63) is 29.8 Å². The number of thioether (sulfide) groups is 1. The van der Waals surface area contributed by atoms with E-state index in [2.05, 4.69) is 23.9 Å². The van der Waals surface area contributed by atoms with Gasteiger partial charge in [0.2, 0.25) is 0 Å². The van der Waals surface area contributed by atoms with Crippen molar-refractivity contribution >= 4 is 28.8 Å². The van der Waals surface area contributed by atoms with Crippen LogP contribution in [0.5, 0.6) is 5.75 Å². The molecule has 1 aromatic rings. The molecular weight excluding hydrogens is 248 g/mol. The first-order chi connectivity index (χ1) is 8.26. The Hall–Kier alpha value is -0.540. The topological polar surface area (TPSA) is 9.23 Å². The second kappa shape index (κ2) is 4.29. The molecule has 2 atom stereocenters. The quantitative estimate of drug-likeness (QED) is 0.586. The molecule has 1 aliphatic heterocycles.